The number of nitrogens with one attached hydrogen (secondary N) is 1. The molecular formula is C12H19ClN2. The average Bonchev–Trinajstić information content (AvgIpc) is 2.13. The fraction of sp³-hybridized carbons (Fsp3) is 0.583. The van der Waals surface area contributed by atoms with Crippen LogP contribution in [0, 0.1) is 5.41 Å². The first-order valence-corrected chi connectivity index (χ1v) is 5.66. The van der Waals surface area contributed by atoms with Crippen LogP contribution in [-0.4, -0.2) is 11.5 Å². The molecule has 1 N–H and O–H groups in total. The number of rotatable bonds is 4. The molecule has 0 aromatic carbocycles. The largest absolute Gasteiger partial charge is 0.313 e. The third-order valence-corrected chi connectivity index (χ3v) is 2.56. The highest BCUT2D eigenvalue weighted by Gasteiger charge is 2.08. The van der Waals surface area contributed by atoms with Gasteiger partial charge in [-0.3, -0.25) is 4.98 Å². The molecule has 0 unspecified atom stereocenters. The molecule has 0 spiro atoms. The van der Waals surface area contributed by atoms with Crippen molar-refractivity contribution in [2.75, 3.05) is 6.54 Å². The molecule has 0 aliphatic carbocycles. The number of hydrogen-bond donors (Lipinski definition) is 1. The zero-order valence-electron chi connectivity index (χ0n) is 9.68. The molecule has 0 fully saturated rings. The molecule has 0 saturated carbocycles. The van der Waals surface area contributed by atoms with Crippen molar-refractivity contribution in [3.63, 3.8) is 0 Å². The van der Waals surface area contributed by atoms with Crippen LogP contribution >= 0.6 is 11.6 Å². The quantitative estimate of drug-likeness (QED) is 0.798. The minimum absolute atomic E-state index is 0.384. The van der Waals surface area contributed by atoms with E-state index in [1.165, 1.54) is 0 Å². The van der Waals surface area contributed by atoms with Crippen molar-refractivity contribution >= 4 is 11.6 Å². The summed E-state index contributed by atoms with van der Waals surface area (Å²) in [7, 11) is 0. The fourth-order valence-electron chi connectivity index (χ4n) is 1.23. The van der Waals surface area contributed by atoms with Crippen LogP contribution in [0.1, 0.15) is 32.8 Å². The Kier molecular flexibility index (Phi) is 4.55. The molecule has 0 saturated heterocycles. The summed E-state index contributed by atoms with van der Waals surface area (Å²) in [6.07, 6.45) is 4.62. The van der Waals surface area contributed by atoms with Gasteiger partial charge >= 0.3 is 0 Å². The van der Waals surface area contributed by atoms with E-state index in [-0.39, 0.29) is 0 Å². The lowest BCUT2D eigenvalue weighted by Crippen LogP contribution is -2.20. The van der Waals surface area contributed by atoms with Gasteiger partial charge in [0.2, 0.25) is 0 Å². The predicted molar refractivity (Wildman–Crippen MR) is 65.0 cm³/mol. The molecule has 0 aliphatic heterocycles. The second-order valence-electron chi connectivity index (χ2n) is 4.95. The summed E-state index contributed by atoms with van der Waals surface area (Å²) < 4.78 is 0. The molecule has 0 atom stereocenters. The Labute approximate surface area is 97.1 Å². The van der Waals surface area contributed by atoms with Gasteiger partial charge in [0, 0.05) is 18.9 Å². The number of hydrogen-bond acceptors (Lipinski definition) is 2. The molecule has 15 heavy (non-hydrogen) atoms. The number of nitrogens with zero attached hydrogens (tertiary/aromatic N) is 1. The van der Waals surface area contributed by atoms with E-state index in [1.54, 1.807) is 12.4 Å². The summed E-state index contributed by atoms with van der Waals surface area (Å²) in [4.78, 5) is 3.95. The zero-order chi connectivity index (χ0) is 11.3. The van der Waals surface area contributed by atoms with Gasteiger partial charge in [-0.1, -0.05) is 32.4 Å². The Morgan fingerprint density at radius 3 is 2.73 bits per heavy atom. The predicted octanol–water partition coefficient (Wildman–Crippen LogP) is 3.26. The number of pyridine rings is 1. The van der Waals surface area contributed by atoms with Gasteiger partial charge in [-0.15, -0.1) is 0 Å². The lowest BCUT2D eigenvalue weighted by molar-refractivity contribution is 0.366. The minimum atomic E-state index is 0.384. The van der Waals surface area contributed by atoms with Crippen LogP contribution in [0.15, 0.2) is 18.5 Å². The summed E-state index contributed by atoms with van der Waals surface area (Å²) in [6, 6.07) is 1.95. The van der Waals surface area contributed by atoms with Crippen LogP contribution in [0.5, 0.6) is 0 Å². The Morgan fingerprint density at radius 1 is 1.40 bits per heavy atom. The highest BCUT2D eigenvalue weighted by Crippen LogP contribution is 2.17. The first-order chi connectivity index (χ1) is 6.99. The Balaban J connectivity index is 2.30. The van der Waals surface area contributed by atoms with Gasteiger partial charge < -0.3 is 5.32 Å². The molecule has 84 valence electrons. The second-order valence-corrected chi connectivity index (χ2v) is 5.36. The van der Waals surface area contributed by atoms with E-state index in [0.29, 0.717) is 5.41 Å². The van der Waals surface area contributed by atoms with Gasteiger partial charge in [0.25, 0.3) is 0 Å². The smallest absolute Gasteiger partial charge is 0.0634 e. The first-order valence-electron chi connectivity index (χ1n) is 5.28. The van der Waals surface area contributed by atoms with Crippen LogP contribution in [0.2, 0.25) is 5.02 Å². The maximum atomic E-state index is 5.99. The van der Waals surface area contributed by atoms with Gasteiger partial charge in [0.15, 0.2) is 0 Å². The monoisotopic (exact) mass is 226 g/mol. The van der Waals surface area contributed by atoms with Crippen molar-refractivity contribution in [1.29, 1.82) is 0 Å². The Hall–Kier alpha value is -0.600. The molecule has 0 radical (unpaired) electrons. The minimum Gasteiger partial charge on any atom is -0.313 e. The molecule has 0 bridgehead atoms. The Bertz CT molecular complexity index is 305. The topological polar surface area (TPSA) is 24.9 Å². The summed E-state index contributed by atoms with van der Waals surface area (Å²) in [5.41, 5.74) is 1.50. The molecule has 2 nitrogen and oxygen atoms in total. The van der Waals surface area contributed by atoms with Crippen LogP contribution in [0.3, 0.4) is 0 Å². The SMILES string of the molecule is CC(C)(C)CCNCc1ccncc1Cl. The van der Waals surface area contributed by atoms with E-state index >= 15 is 0 Å². The van der Waals surface area contributed by atoms with E-state index in [9.17, 15) is 0 Å². The van der Waals surface area contributed by atoms with E-state index in [0.717, 1.165) is 30.1 Å². The molecule has 0 amide bonds. The molecule has 1 heterocycles. The summed E-state index contributed by atoms with van der Waals surface area (Å²) in [5.74, 6) is 0. The molecule has 3 heteroatoms. The highest BCUT2D eigenvalue weighted by atomic mass is 35.5. The number of aromatic nitrogens is 1. The van der Waals surface area contributed by atoms with E-state index in [1.807, 2.05) is 6.07 Å². The van der Waals surface area contributed by atoms with Crippen molar-refractivity contribution in [3.05, 3.63) is 29.0 Å². The van der Waals surface area contributed by atoms with Gasteiger partial charge in [0.05, 0.1) is 5.02 Å². The van der Waals surface area contributed by atoms with Crippen molar-refractivity contribution in [3.8, 4) is 0 Å². The lowest BCUT2D eigenvalue weighted by atomic mass is 9.92. The maximum Gasteiger partial charge on any atom is 0.0634 e. The third-order valence-electron chi connectivity index (χ3n) is 2.22. The normalized spacial score (nSPS) is 11.7. The highest BCUT2D eigenvalue weighted by molar-refractivity contribution is 6.31. The van der Waals surface area contributed by atoms with Crippen LogP contribution < -0.4 is 5.32 Å². The van der Waals surface area contributed by atoms with Crippen molar-refractivity contribution in [2.24, 2.45) is 5.41 Å². The van der Waals surface area contributed by atoms with E-state index in [4.69, 9.17) is 11.6 Å². The number of halogens is 1. The van der Waals surface area contributed by atoms with E-state index < -0.39 is 0 Å². The summed E-state index contributed by atoms with van der Waals surface area (Å²) >= 11 is 5.99. The Morgan fingerprint density at radius 2 is 2.13 bits per heavy atom. The van der Waals surface area contributed by atoms with Crippen molar-refractivity contribution < 1.29 is 0 Å². The van der Waals surface area contributed by atoms with Crippen molar-refractivity contribution in [1.82, 2.24) is 10.3 Å². The maximum absolute atomic E-state index is 5.99. The first kappa shape index (κ1) is 12.5. The van der Waals surface area contributed by atoms with Gasteiger partial charge in [-0.05, 0) is 30.0 Å². The standard InChI is InChI=1S/C12H19ClN2/c1-12(2,3)5-7-15-8-10-4-6-14-9-11(10)13/h4,6,9,15H,5,7-8H2,1-3H3. The van der Waals surface area contributed by atoms with E-state index in [2.05, 4.69) is 31.1 Å². The fourth-order valence-corrected chi connectivity index (χ4v) is 1.42. The van der Waals surface area contributed by atoms with Gasteiger partial charge in [-0.25, -0.2) is 0 Å². The van der Waals surface area contributed by atoms with Crippen LogP contribution in [0.4, 0.5) is 0 Å². The molecule has 1 rings (SSSR count). The molecule has 1 aromatic rings. The van der Waals surface area contributed by atoms with Crippen LogP contribution in [-0.2, 0) is 6.54 Å². The summed E-state index contributed by atoms with van der Waals surface area (Å²) in [6.45, 7) is 8.57. The summed E-state index contributed by atoms with van der Waals surface area (Å²) in [5, 5.41) is 4.12. The molecule has 0 aliphatic rings. The lowest BCUT2D eigenvalue weighted by Gasteiger charge is -2.18. The molecular weight excluding hydrogens is 208 g/mol. The van der Waals surface area contributed by atoms with Gasteiger partial charge in [-0.2, -0.15) is 0 Å². The molecule has 1 aromatic heterocycles. The average molecular weight is 227 g/mol. The van der Waals surface area contributed by atoms with Gasteiger partial charge in [0.1, 0.15) is 0 Å². The van der Waals surface area contributed by atoms with Crippen molar-refractivity contribution in [2.45, 2.75) is 33.7 Å². The second kappa shape index (κ2) is 5.47. The third kappa shape index (κ3) is 5.14. The van der Waals surface area contributed by atoms with Crippen LogP contribution in [0.25, 0.3) is 0 Å². The zero-order valence-corrected chi connectivity index (χ0v) is 10.4.